The minimum atomic E-state index is -2.49. The van der Waals surface area contributed by atoms with E-state index in [1.54, 1.807) is 0 Å². The van der Waals surface area contributed by atoms with E-state index in [9.17, 15) is 35.0 Å². The van der Waals surface area contributed by atoms with Crippen LogP contribution in [0.3, 0.4) is 0 Å². The molecule has 3 N–H and O–H groups in total. The molecule has 12 heteroatoms. The molecule has 12 nitrogen and oxygen atoms in total. The van der Waals surface area contributed by atoms with Gasteiger partial charge in [-0.2, -0.15) is 0 Å². The summed E-state index contributed by atoms with van der Waals surface area (Å²) < 4.78 is 9.46. The van der Waals surface area contributed by atoms with Gasteiger partial charge in [0.1, 0.15) is 6.10 Å². The van der Waals surface area contributed by atoms with Crippen molar-refractivity contribution in [1.82, 2.24) is 10.2 Å². The quantitative estimate of drug-likeness (QED) is 0.230. The van der Waals surface area contributed by atoms with E-state index >= 15 is 0 Å². The van der Waals surface area contributed by atoms with Crippen molar-refractivity contribution >= 4 is 11.9 Å². The lowest BCUT2D eigenvalue weighted by molar-refractivity contribution is -0.585. The van der Waals surface area contributed by atoms with Crippen LogP contribution in [0.4, 0.5) is 0 Å². The summed E-state index contributed by atoms with van der Waals surface area (Å²) in [5.41, 5.74) is -0.554. The average Bonchev–Trinajstić information content (AvgIpc) is 2.66. The van der Waals surface area contributed by atoms with E-state index < -0.39 is 41.4 Å². The molecule has 0 fully saturated rings. The Labute approximate surface area is 152 Å². The third kappa shape index (κ3) is 3.86. The number of hydrogen-bond acceptors (Lipinski definition) is 11. The van der Waals surface area contributed by atoms with Crippen molar-refractivity contribution in [3.05, 3.63) is 32.6 Å². The molecule has 4 unspecified atom stereocenters. The van der Waals surface area contributed by atoms with Crippen LogP contribution in [-0.4, -0.2) is 67.9 Å². The van der Waals surface area contributed by atoms with Crippen LogP contribution in [0.5, 0.6) is 0 Å². The van der Waals surface area contributed by atoms with Crippen LogP contribution in [0.15, 0.2) is 0 Å². The summed E-state index contributed by atoms with van der Waals surface area (Å²) in [4.78, 5) is 33.7. The SMILES string of the molecule is CCCCc1c(C(=O)OC)nnc2c1C(O)C(C(O)C(O)[N+](=O)[O-])OC2=O. The Morgan fingerprint density at radius 2 is 2.07 bits per heavy atom. The lowest BCUT2D eigenvalue weighted by Crippen LogP contribution is -2.49. The van der Waals surface area contributed by atoms with Crippen LogP contribution in [0.25, 0.3) is 0 Å². The van der Waals surface area contributed by atoms with Gasteiger partial charge >= 0.3 is 18.2 Å². The number of aromatic nitrogens is 2. The number of carbonyl (C=O) groups excluding carboxylic acids is 2. The molecular weight excluding hydrogens is 366 g/mol. The van der Waals surface area contributed by atoms with E-state index in [0.29, 0.717) is 12.8 Å². The molecule has 1 aliphatic heterocycles. The van der Waals surface area contributed by atoms with E-state index in [-0.39, 0.29) is 28.9 Å². The fourth-order valence-electron chi connectivity index (χ4n) is 2.78. The van der Waals surface area contributed by atoms with Gasteiger partial charge < -0.3 is 24.8 Å². The van der Waals surface area contributed by atoms with Gasteiger partial charge in [0, 0.05) is 5.56 Å². The Morgan fingerprint density at radius 1 is 1.41 bits per heavy atom. The number of nitrogens with zero attached hydrogens (tertiary/aromatic N) is 3. The fourth-order valence-corrected chi connectivity index (χ4v) is 2.78. The summed E-state index contributed by atoms with van der Waals surface area (Å²) >= 11 is 0. The summed E-state index contributed by atoms with van der Waals surface area (Å²) in [5, 5.41) is 48.0. The van der Waals surface area contributed by atoms with Gasteiger partial charge in [-0.05, 0) is 18.4 Å². The highest BCUT2D eigenvalue weighted by Crippen LogP contribution is 2.35. The van der Waals surface area contributed by atoms with Gasteiger partial charge in [0.05, 0.1) is 12.0 Å². The molecule has 0 saturated carbocycles. The second kappa shape index (κ2) is 8.33. The lowest BCUT2D eigenvalue weighted by Gasteiger charge is -2.32. The van der Waals surface area contributed by atoms with Gasteiger partial charge in [0.25, 0.3) is 0 Å². The maximum absolute atomic E-state index is 12.2. The van der Waals surface area contributed by atoms with E-state index in [0.717, 1.165) is 7.11 Å². The zero-order valence-electron chi connectivity index (χ0n) is 14.6. The van der Waals surface area contributed by atoms with Crippen molar-refractivity contribution in [3.63, 3.8) is 0 Å². The fraction of sp³-hybridized carbons (Fsp3) is 0.600. The highest BCUT2D eigenvalue weighted by molar-refractivity contribution is 5.94. The van der Waals surface area contributed by atoms with E-state index in [1.807, 2.05) is 6.92 Å². The Bertz CT molecular complexity index is 754. The van der Waals surface area contributed by atoms with Crippen molar-refractivity contribution in [2.24, 2.45) is 0 Å². The second-order valence-electron chi connectivity index (χ2n) is 5.89. The molecule has 0 aliphatic carbocycles. The van der Waals surface area contributed by atoms with Crippen molar-refractivity contribution in [3.8, 4) is 0 Å². The largest absolute Gasteiger partial charge is 0.464 e. The molecule has 1 aliphatic rings. The topological polar surface area (TPSA) is 182 Å². The highest BCUT2D eigenvalue weighted by atomic mass is 16.7. The highest BCUT2D eigenvalue weighted by Gasteiger charge is 2.47. The number of aliphatic hydroxyl groups excluding tert-OH is 3. The van der Waals surface area contributed by atoms with Crippen LogP contribution < -0.4 is 0 Å². The van der Waals surface area contributed by atoms with Gasteiger partial charge in [-0.15, -0.1) is 10.2 Å². The molecule has 0 amide bonds. The van der Waals surface area contributed by atoms with Gasteiger partial charge in [0.2, 0.25) is 0 Å². The molecule has 0 spiro atoms. The zero-order valence-corrected chi connectivity index (χ0v) is 14.6. The van der Waals surface area contributed by atoms with Crippen LogP contribution >= 0.6 is 0 Å². The lowest BCUT2D eigenvalue weighted by atomic mass is 9.89. The van der Waals surface area contributed by atoms with Crippen molar-refractivity contribution < 1.29 is 39.3 Å². The summed E-state index contributed by atoms with van der Waals surface area (Å²) in [6.07, 6.45) is -6.80. The standard InChI is InChI=1S/C15H19N3O9/c1-3-4-5-6-7-9(17-16-8(6)14(22)26-2)15(23)27-12(10(7)19)11(20)13(21)18(24)25/h10-13,19-21H,3-5H2,1-2H3. The zero-order chi connectivity index (χ0) is 20.3. The number of carbonyl (C=O) groups is 2. The third-order valence-electron chi connectivity index (χ3n) is 4.18. The normalized spacial score (nSPS) is 21.0. The van der Waals surface area contributed by atoms with Crippen molar-refractivity contribution in [2.75, 3.05) is 7.11 Å². The molecule has 1 aromatic rings. The monoisotopic (exact) mass is 385 g/mol. The summed E-state index contributed by atoms with van der Waals surface area (Å²) in [6.45, 7) is 1.88. The number of methoxy groups -OCH3 is 1. The smallest absolute Gasteiger partial charge is 0.359 e. The Hall–Kier alpha value is -2.70. The first kappa shape index (κ1) is 20.6. The molecular formula is C15H19N3O9. The first-order valence-corrected chi connectivity index (χ1v) is 8.10. The summed E-state index contributed by atoms with van der Waals surface area (Å²) in [7, 11) is 1.12. The van der Waals surface area contributed by atoms with Crippen molar-refractivity contribution in [1.29, 1.82) is 0 Å². The van der Waals surface area contributed by atoms with Crippen LogP contribution in [0.2, 0.25) is 0 Å². The maximum atomic E-state index is 12.2. The van der Waals surface area contributed by atoms with Crippen LogP contribution in [0.1, 0.15) is 58.0 Å². The average molecular weight is 385 g/mol. The van der Waals surface area contributed by atoms with E-state index in [4.69, 9.17) is 4.74 Å². The van der Waals surface area contributed by atoms with Gasteiger partial charge in [-0.25, -0.2) is 9.59 Å². The molecule has 27 heavy (non-hydrogen) atoms. The number of unbranched alkanes of at least 4 members (excludes halogenated alkanes) is 1. The van der Waals surface area contributed by atoms with E-state index in [1.165, 1.54) is 0 Å². The molecule has 2 rings (SSSR count). The minimum Gasteiger partial charge on any atom is -0.464 e. The van der Waals surface area contributed by atoms with Crippen molar-refractivity contribution in [2.45, 2.75) is 50.7 Å². The Balaban J connectivity index is 2.58. The predicted molar refractivity (Wildman–Crippen MR) is 85.2 cm³/mol. The molecule has 0 saturated heterocycles. The minimum absolute atomic E-state index is 0.130. The second-order valence-corrected chi connectivity index (χ2v) is 5.89. The number of nitro groups is 1. The summed E-state index contributed by atoms with van der Waals surface area (Å²) in [5.74, 6) is -1.94. The number of esters is 2. The molecule has 4 atom stereocenters. The number of hydrogen-bond donors (Lipinski definition) is 3. The number of fused-ring (bicyclic) bond motifs is 1. The number of ether oxygens (including phenoxy) is 2. The molecule has 2 heterocycles. The number of aliphatic hydroxyl groups is 3. The molecule has 0 radical (unpaired) electrons. The maximum Gasteiger partial charge on any atom is 0.359 e. The van der Waals surface area contributed by atoms with Crippen LogP contribution in [-0.2, 0) is 15.9 Å². The molecule has 148 valence electrons. The number of rotatable bonds is 7. The predicted octanol–water partition coefficient (Wildman–Crippen LogP) is -0.866. The van der Waals surface area contributed by atoms with E-state index in [2.05, 4.69) is 14.9 Å². The van der Waals surface area contributed by atoms with Crippen LogP contribution in [0, 0.1) is 10.1 Å². The van der Waals surface area contributed by atoms with Gasteiger partial charge in [0.15, 0.2) is 23.6 Å². The first-order valence-electron chi connectivity index (χ1n) is 8.10. The molecule has 1 aromatic heterocycles. The third-order valence-corrected chi connectivity index (χ3v) is 4.18. The Morgan fingerprint density at radius 3 is 2.63 bits per heavy atom. The molecule has 0 bridgehead atoms. The van der Waals surface area contributed by atoms with Gasteiger partial charge in [-0.1, -0.05) is 13.3 Å². The molecule has 0 aromatic carbocycles. The Kier molecular flexibility index (Phi) is 6.36. The summed E-state index contributed by atoms with van der Waals surface area (Å²) in [6, 6.07) is 0. The van der Waals surface area contributed by atoms with Gasteiger partial charge in [-0.3, -0.25) is 10.1 Å². The first-order chi connectivity index (χ1) is 12.7. The number of cyclic esters (lactones) is 1.